The molecule has 1 atom stereocenters. The summed E-state index contributed by atoms with van der Waals surface area (Å²) in [6.45, 7) is 1.87. The maximum Gasteiger partial charge on any atom is 0.165 e. The molecule has 0 aliphatic heterocycles. The minimum absolute atomic E-state index is 0.0156. The molecule has 1 aromatic rings. The molecule has 0 saturated heterocycles. The van der Waals surface area contributed by atoms with E-state index in [2.05, 4.69) is 0 Å². The van der Waals surface area contributed by atoms with Gasteiger partial charge in [0.25, 0.3) is 0 Å². The summed E-state index contributed by atoms with van der Waals surface area (Å²) in [5.41, 5.74) is 0.736. The van der Waals surface area contributed by atoms with Crippen LogP contribution in [0.5, 0.6) is 5.75 Å². The average Bonchev–Trinajstić information content (AvgIpc) is 2.17. The van der Waals surface area contributed by atoms with E-state index < -0.39 is 0 Å². The summed E-state index contributed by atoms with van der Waals surface area (Å²) in [6.07, 6.45) is 1.20. The van der Waals surface area contributed by atoms with Gasteiger partial charge in [0.05, 0.1) is 7.11 Å². The SMILES string of the molecule is COc1c(F)cccc1C(C)CC=O. The fourth-order valence-electron chi connectivity index (χ4n) is 1.40. The second kappa shape index (κ2) is 4.74. The lowest BCUT2D eigenvalue weighted by Crippen LogP contribution is -2.00. The van der Waals surface area contributed by atoms with Crippen LogP contribution in [0.4, 0.5) is 4.39 Å². The Kier molecular flexibility index (Phi) is 3.63. The number of methoxy groups -OCH3 is 1. The Morgan fingerprint density at radius 1 is 1.57 bits per heavy atom. The smallest absolute Gasteiger partial charge is 0.165 e. The van der Waals surface area contributed by atoms with E-state index >= 15 is 0 Å². The first-order chi connectivity index (χ1) is 6.70. The predicted molar refractivity (Wildman–Crippen MR) is 52.0 cm³/mol. The molecule has 3 heteroatoms. The zero-order chi connectivity index (χ0) is 10.6. The van der Waals surface area contributed by atoms with Gasteiger partial charge in [-0.25, -0.2) is 4.39 Å². The van der Waals surface area contributed by atoms with Crippen LogP contribution < -0.4 is 4.74 Å². The average molecular weight is 196 g/mol. The topological polar surface area (TPSA) is 26.3 Å². The van der Waals surface area contributed by atoms with Crippen molar-refractivity contribution < 1.29 is 13.9 Å². The van der Waals surface area contributed by atoms with Crippen molar-refractivity contribution >= 4 is 6.29 Å². The molecule has 1 unspecified atom stereocenters. The van der Waals surface area contributed by atoms with Crippen molar-refractivity contribution in [3.8, 4) is 5.75 Å². The van der Waals surface area contributed by atoms with Crippen LogP contribution in [0, 0.1) is 5.82 Å². The van der Waals surface area contributed by atoms with Crippen LogP contribution in [-0.4, -0.2) is 13.4 Å². The number of benzene rings is 1. The van der Waals surface area contributed by atoms with E-state index in [-0.39, 0.29) is 17.5 Å². The third kappa shape index (κ3) is 2.10. The van der Waals surface area contributed by atoms with Gasteiger partial charge in [-0.3, -0.25) is 0 Å². The van der Waals surface area contributed by atoms with Crippen molar-refractivity contribution in [2.75, 3.05) is 7.11 Å². The number of halogens is 1. The fourth-order valence-corrected chi connectivity index (χ4v) is 1.40. The number of ether oxygens (including phenoxy) is 1. The normalized spacial score (nSPS) is 12.2. The maximum atomic E-state index is 13.2. The largest absolute Gasteiger partial charge is 0.493 e. The molecular weight excluding hydrogens is 183 g/mol. The summed E-state index contributed by atoms with van der Waals surface area (Å²) in [6, 6.07) is 4.74. The number of hydrogen-bond acceptors (Lipinski definition) is 2. The Morgan fingerprint density at radius 3 is 2.86 bits per heavy atom. The van der Waals surface area contributed by atoms with Crippen molar-refractivity contribution in [2.24, 2.45) is 0 Å². The molecule has 0 amide bonds. The van der Waals surface area contributed by atoms with E-state index in [0.717, 1.165) is 11.8 Å². The minimum atomic E-state index is -0.386. The lowest BCUT2D eigenvalue weighted by Gasteiger charge is -2.13. The highest BCUT2D eigenvalue weighted by Crippen LogP contribution is 2.30. The Hall–Kier alpha value is -1.38. The van der Waals surface area contributed by atoms with Crippen LogP contribution in [0.1, 0.15) is 24.8 Å². The summed E-state index contributed by atoms with van der Waals surface area (Å²) in [4.78, 5) is 10.3. The Morgan fingerprint density at radius 2 is 2.29 bits per heavy atom. The molecular formula is C11H13FO2. The molecule has 2 nitrogen and oxygen atoms in total. The fraction of sp³-hybridized carbons (Fsp3) is 0.364. The number of hydrogen-bond donors (Lipinski definition) is 0. The van der Waals surface area contributed by atoms with Crippen molar-refractivity contribution in [3.63, 3.8) is 0 Å². The van der Waals surface area contributed by atoms with Crippen molar-refractivity contribution in [1.82, 2.24) is 0 Å². The molecule has 0 aromatic heterocycles. The molecule has 0 aliphatic rings. The van der Waals surface area contributed by atoms with Gasteiger partial charge < -0.3 is 9.53 Å². The molecule has 76 valence electrons. The third-order valence-electron chi connectivity index (χ3n) is 2.18. The van der Waals surface area contributed by atoms with E-state index in [4.69, 9.17) is 4.74 Å². The molecule has 0 saturated carbocycles. The zero-order valence-corrected chi connectivity index (χ0v) is 8.29. The molecule has 0 heterocycles. The van der Waals surface area contributed by atoms with Gasteiger partial charge in [-0.15, -0.1) is 0 Å². The molecule has 0 radical (unpaired) electrons. The third-order valence-corrected chi connectivity index (χ3v) is 2.18. The summed E-state index contributed by atoms with van der Waals surface area (Å²) < 4.78 is 18.2. The van der Waals surface area contributed by atoms with E-state index in [0.29, 0.717) is 6.42 Å². The van der Waals surface area contributed by atoms with Gasteiger partial charge in [-0.05, 0) is 12.0 Å². The summed E-state index contributed by atoms with van der Waals surface area (Å²) in [5.74, 6) is -0.164. The lowest BCUT2D eigenvalue weighted by molar-refractivity contribution is -0.108. The highest BCUT2D eigenvalue weighted by Gasteiger charge is 2.13. The molecule has 1 aromatic carbocycles. The highest BCUT2D eigenvalue weighted by atomic mass is 19.1. The zero-order valence-electron chi connectivity index (χ0n) is 8.29. The molecule has 0 bridgehead atoms. The van der Waals surface area contributed by atoms with E-state index in [1.807, 2.05) is 6.92 Å². The molecule has 0 aliphatic carbocycles. The number of carbonyl (C=O) groups is 1. The number of rotatable bonds is 4. The molecule has 0 N–H and O–H groups in total. The maximum absolute atomic E-state index is 13.2. The van der Waals surface area contributed by atoms with Gasteiger partial charge in [0.1, 0.15) is 6.29 Å². The van der Waals surface area contributed by atoms with Gasteiger partial charge in [0, 0.05) is 12.0 Å². The van der Waals surface area contributed by atoms with Gasteiger partial charge in [0.2, 0.25) is 0 Å². The quantitative estimate of drug-likeness (QED) is 0.692. The van der Waals surface area contributed by atoms with Crippen molar-refractivity contribution in [3.05, 3.63) is 29.6 Å². The first-order valence-electron chi connectivity index (χ1n) is 4.46. The van der Waals surface area contributed by atoms with Crippen molar-refractivity contribution in [2.45, 2.75) is 19.3 Å². The van der Waals surface area contributed by atoms with Crippen LogP contribution >= 0.6 is 0 Å². The minimum Gasteiger partial charge on any atom is -0.493 e. The first kappa shape index (κ1) is 10.7. The van der Waals surface area contributed by atoms with Gasteiger partial charge >= 0.3 is 0 Å². The molecule has 0 spiro atoms. The van der Waals surface area contributed by atoms with E-state index in [1.54, 1.807) is 12.1 Å². The van der Waals surface area contributed by atoms with Gasteiger partial charge in [0.15, 0.2) is 11.6 Å². The Balaban J connectivity index is 3.06. The second-order valence-electron chi connectivity index (χ2n) is 3.17. The monoisotopic (exact) mass is 196 g/mol. The van der Waals surface area contributed by atoms with Crippen LogP contribution in [-0.2, 0) is 4.79 Å². The van der Waals surface area contributed by atoms with Gasteiger partial charge in [-0.2, -0.15) is 0 Å². The lowest BCUT2D eigenvalue weighted by atomic mass is 9.97. The second-order valence-corrected chi connectivity index (χ2v) is 3.17. The molecule has 1 rings (SSSR count). The van der Waals surface area contributed by atoms with Crippen LogP contribution in [0.2, 0.25) is 0 Å². The number of aldehydes is 1. The Labute approximate surface area is 82.7 Å². The van der Waals surface area contributed by atoms with Crippen LogP contribution in [0.3, 0.4) is 0 Å². The number of carbonyl (C=O) groups excluding carboxylic acids is 1. The van der Waals surface area contributed by atoms with Gasteiger partial charge in [-0.1, -0.05) is 19.1 Å². The highest BCUT2D eigenvalue weighted by molar-refractivity contribution is 5.52. The first-order valence-corrected chi connectivity index (χ1v) is 4.46. The number of para-hydroxylation sites is 1. The summed E-state index contributed by atoms with van der Waals surface area (Å²) >= 11 is 0. The predicted octanol–water partition coefficient (Wildman–Crippen LogP) is 2.53. The molecule has 14 heavy (non-hydrogen) atoms. The summed E-state index contributed by atoms with van der Waals surface area (Å²) in [7, 11) is 1.43. The van der Waals surface area contributed by atoms with Crippen LogP contribution in [0.15, 0.2) is 18.2 Å². The summed E-state index contributed by atoms with van der Waals surface area (Å²) in [5, 5.41) is 0. The molecule has 0 fully saturated rings. The van der Waals surface area contributed by atoms with Crippen molar-refractivity contribution in [1.29, 1.82) is 0 Å². The van der Waals surface area contributed by atoms with E-state index in [1.165, 1.54) is 13.2 Å². The standard InChI is InChI=1S/C11H13FO2/c1-8(6-7-13)9-4-3-5-10(12)11(9)14-2/h3-5,7-8H,6H2,1-2H3. The van der Waals surface area contributed by atoms with Crippen LogP contribution in [0.25, 0.3) is 0 Å². The van der Waals surface area contributed by atoms with E-state index in [9.17, 15) is 9.18 Å². The Bertz CT molecular complexity index is 323.